The predicted octanol–water partition coefficient (Wildman–Crippen LogP) is 8.78. The van der Waals surface area contributed by atoms with Gasteiger partial charge in [0.05, 0.1) is 0 Å². The molecule has 0 aromatic heterocycles. The summed E-state index contributed by atoms with van der Waals surface area (Å²) >= 11 is 7.77. The lowest BCUT2D eigenvalue weighted by Crippen LogP contribution is -2.21. The van der Waals surface area contributed by atoms with E-state index in [9.17, 15) is 0 Å². The molecule has 7 rings (SSSR count). The van der Waals surface area contributed by atoms with E-state index < -0.39 is 14.3 Å². The highest BCUT2D eigenvalue weighted by molar-refractivity contribution is 9.15. The first kappa shape index (κ1) is 25.9. The minimum absolute atomic E-state index is 0.758. The molecular formula is C34H22Br2O2P2. The Bertz CT molecular complexity index is 1800. The van der Waals surface area contributed by atoms with Crippen molar-refractivity contribution in [2.75, 3.05) is 0 Å². The third-order valence-corrected chi connectivity index (χ3v) is 16.3. The molecule has 0 N–H and O–H groups in total. The third kappa shape index (κ3) is 3.67. The Morgan fingerprint density at radius 3 is 1.05 bits per heavy atom. The van der Waals surface area contributed by atoms with Crippen LogP contribution in [-0.2, 0) is 9.13 Å². The van der Waals surface area contributed by atoms with Crippen molar-refractivity contribution in [1.29, 1.82) is 0 Å². The summed E-state index contributed by atoms with van der Waals surface area (Å²) < 4.78 is 32.5. The normalized spacial score (nSPS) is 21.4. The van der Waals surface area contributed by atoms with Crippen molar-refractivity contribution in [2.24, 2.45) is 0 Å². The smallest absolute Gasteiger partial charge is 0.173 e. The number of fused-ring (bicyclic) bond motifs is 2. The molecule has 5 aromatic carbocycles. The van der Waals surface area contributed by atoms with Crippen LogP contribution in [0.4, 0.5) is 0 Å². The first-order valence-electron chi connectivity index (χ1n) is 12.9. The van der Waals surface area contributed by atoms with Crippen LogP contribution in [0.3, 0.4) is 0 Å². The maximum absolute atomic E-state index is 15.5. The van der Waals surface area contributed by atoms with E-state index in [2.05, 4.69) is 31.9 Å². The van der Waals surface area contributed by atoms with E-state index in [4.69, 9.17) is 0 Å². The topological polar surface area (TPSA) is 34.1 Å². The van der Waals surface area contributed by atoms with Gasteiger partial charge < -0.3 is 9.13 Å². The van der Waals surface area contributed by atoms with Gasteiger partial charge in [0.15, 0.2) is 14.3 Å². The third-order valence-electron chi connectivity index (χ3n) is 7.65. The first-order valence-corrected chi connectivity index (χ1v) is 17.9. The Labute approximate surface area is 250 Å². The molecule has 0 bridgehead atoms. The molecule has 0 fully saturated rings. The maximum atomic E-state index is 15.5. The zero-order valence-electron chi connectivity index (χ0n) is 21.2. The Morgan fingerprint density at radius 1 is 0.425 bits per heavy atom. The van der Waals surface area contributed by atoms with Crippen molar-refractivity contribution in [1.82, 2.24) is 0 Å². The fraction of sp³-hybridized carbons (Fsp3) is 0. The van der Waals surface area contributed by atoms with E-state index in [1.807, 2.05) is 133 Å². The Balaban J connectivity index is 1.57. The van der Waals surface area contributed by atoms with Gasteiger partial charge in [-0.25, -0.2) is 0 Å². The van der Waals surface area contributed by atoms with Crippen LogP contribution in [0.25, 0.3) is 19.6 Å². The highest BCUT2D eigenvalue weighted by Crippen LogP contribution is 2.69. The monoisotopic (exact) mass is 682 g/mol. The average molecular weight is 684 g/mol. The van der Waals surface area contributed by atoms with Crippen molar-refractivity contribution in [2.45, 2.75) is 0 Å². The van der Waals surface area contributed by atoms with E-state index >= 15 is 9.13 Å². The van der Waals surface area contributed by atoms with Gasteiger partial charge in [-0.3, -0.25) is 0 Å². The molecule has 40 heavy (non-hydrogen) atoms. The fourth-order valence-corrected chi connectivity index (χ4v) is 15.0. The van der Waals surface area contributed by atoms with Crippen LogP contribution in [0.1, 0.15) is 22.3 Å². The number of hydrogen-bond acceptors (Lipinski definition) is 2. The van der Waals surface area contributed by atoms with Gasteiger partial charge in [-0.2, -0.15) is 0 Å². The van der Waals surface area contributed by atoms with Crippen molar-refractivity contribution in [3.63, 3.8) is 0 Å². The van der Waals surface area contributed by atoms with Crippen LogP contribution in [0.5, 0.6) is 0 Å². The van der Waals surface area contributed by atoms with Gasteiger partial charge in [0.1, 0.15) is 0 Å². The lowest BCUT2D eigenvalue weighted by molar-refractivity contribution is 0.592. The molecule has 0 saturated carbocycles. The Hall–Kier alpha value is -3.00. The van der Waals surface area contributed by atoms with Gasteiger partial charge in [-0.15, -0.1) is 0 Å². The second kappa shape index (κ2) is 9.82. The number of rotatable bonds is 4. The van der Waals surface area contributed by atoms with E-state index in [0.717, 1.165) is 63.1 Å². The average Bonchev–Trinajstić information content (AvgIpc) is 3.38. The molecule has 0 spiro atoms. The quantitative estimate of drug-likeness (QED) is 0.178. The van der Waals surface area contributed by atoms with Gasteiger partial charge in [-0.05, 0) is 55.1 Å². The van der Waals surface area contributed by atoms with Gasteiger partial charge >= 0.3 is 0 Å². The van der Waals surface area contributed by atoms with Gasteiger partial charge in [0, 0.05) is 51.9 Å². The summed E-state index contributed by atoms with van der Waals surface area (Å²) in [6.45, 7) is 0. The summed E-state index contributed by atoms with van der Waals surface area (Å²) in [5.41, 5.74) is 3.47. The largest absolute Gasteiger partial charge is 0.309 e. The molecule has 0 radical (unpaired) electrons. The molecule has 2 nitrogen and oxygen atoms in total. The molecular weight excluding hydrogens is 662 g/mol. The van der Waals surface area contributed by atoms with E-state index in [1.165, 1.54) is 0 Å². The Kier molecular flexibility index (Phi) is 6.37. The van der Waals surface area contributed by atoms with Gasteiger partial charge in [0.2, 0.25) is 0 Å². The summed E-state index contributed by atoms with van der Waals surface area (Å²) in [5, 5.41) is 4.61. The van der Waals surface area contributed by atoms with Crippen LogP contribution >= 0.6 is 46.1 Å². The second-order valence-corrected chi connectivity index (χ2v) is 16.7. The molecule has 194 valence electrons. The summed E-state index contributed by atoms with van der Waals surface area (Å²) in [4.78, 5) is 0. The van der Waals surface area contributed by atoms with Crippen molar-refractivity contribution in [3.05, 3.63) is 156 Å². The van der Waals surface area contributed by atoms with Crippen molar-refractivity contribution in [3.8, 4) is 0 Å². The fourth-order valence-electron chi connectivity index (χ4n) is 5.84. The first-order chi connectivity index (χ1) is 19.5. The predicted molar refractivity (Wildman–Crippen MR) is 177 cm³/mol. The SMILES string of the molecule is O=[P@]1(c2ccccc2)C(c2ccccc2)=C(Br)c2cc3c(cc21)C(Br)=C(c1ccccc1)[P@]3(=O)c1ccccc1. The van der Waals surface area contributed by atoms with Crippen LogP contribution < -0.4 is 21.2 Å². The van der Waals surface area contributed by atoms with Gasteiger partial charge in [-0.1, -0.05) is 121 Å². The second-order valence-electron chi connectivity index (χ2n) is 9.83. The minimum Gasteiger partial charge on any atom is -0.309 e. The lowest BCUT2D eigenvalue weighted by Gasteiger charge is -2.21. The van der Waals surface area contributed by atoms with Crippen LogP contribution in [0, 0.1) is 0 Å². The molecule has 5 aromatic rings. The molecule has 0 unspecified atom stereocenters. The van der Waals surface area contributed by atoms with E-state index in [-0.39, 0.29) is 0 Å². The summed E-state index contributed by atoms with van der Waals surface area (Å²) in [7, 11) is -6.53. The number of hydrogen-bond donors (Lipinski definition) is 0. The lowest BCUT2D eigenvalue weighted by atomic mass is 10.1. The molecule has 6 heteroatoms. The number of halogens is 2. The highest BCUT2D eigenvalue weighted by atomic mass is 79.9. The van der Waals surface area contributed by atoms with Crippen molar-refractivity contribution >= 4 is 87.0 Å². The van der Waals surface area contributed by atoms with Crippen molar-refractivity contribution < 1.29 is 9.13 Å². The zero-order valence-corrected chi connectivity index (χ0v) is 26.1. The number of benzene rings is 5. The molecule has 0 saturated heterocycles. The molecule has 2 heterocycles. The summed E-state index contributed by atoms with van der Waals surface area (Å²) in [6.07, 6.45) is 0. The molecule has 2 aliphatic rings. The molecule has 2 aliphatic heterocycles. The van der Waals surface area contributed by atoms with Gasteiger partial charge in [0.25, 0.3) is 0 Å². The molecule has 2 atom stereocenters. The Morgan fingerprint density at radius 2 is 0.725 bits per heavy atom. The maximum Gasteiger partial charge on any atom is 0.173 e. The molecule has 0 aliphatic carbocycles. The summed E-state index contributed by atoms with van der Waals surface area (Å²) in [6, 6.07) is 43.3. The van der Waals surface area contributed by atoms with Crippen LogP contribution in [0.2, 0.25) is 0 Å². The van der Waals surface area contributed by atoms with Crippen LogP contribution in [-0.4, -0.2) is 0 Å². The minimum atomic E-state index is -3.27. The molecule has 0 amide bonds. The van der Waals surface area contributed by atoms with E-state index in [0.29, 0.717) is 0 Å². The summed E-state index contributed by atoms with van der Waals surface area (Å²) in [5.74, 6) is 0. The van der Waals surface area contributed by atoms with E-state index in [1.54, 1.807) is 0 Å². The highest BCUT2D eigenvalue weighted by Gasteiger charge is 2.48. The van der Waals surface area contributed by atoms with Crippen LogP contribution in [0.15, 0.2) is 133 Å². The standard InChI is InChI=1S/C34H22Br2O2P2/c35-31-27-21-30-28(32(36)34(24-15-7-2-8-16-24)40(30,38)26-19-11-4-12-20-26)22-29(27)39(37,25-17-9-3-10-18-25)33(31)23-13-5-1-6-14-23/h1-22H/t39-,40-/m0/s1. The zero-order chi connectivity index (χ0) is 27.5.